The maximum atomic E-state index is 13.2. The Balaban J connectivity index is 1.70. The number of rotatable bonds is 9. The Labute approximate surface area is 178 Å². The van der Waals surface area contributed by atoms with Gasteiger partial charge in [-0.1, -0.05) is 13.0 Å². The lowest BCUT2D eigenvalue weighted by atomic mass is 10.00. The summed E-state index contributed by atoms with van der Waals surface area (Å²) in [6.07, 6.45) is 5.63. The molecule has 1 aromatic heterocycles. The van der Waals surface area contributed by atoms with Gasteiger partial charge in [0.2, 0.25) is 0 Å². The van der Waals surface area contributed by atoms with Gasteiger partial charge in [0, 0.05) is 37.6 Å². The molecule has 0 bridgehead atoms. The number of nitrogens with one attached hydrogen (secondary N) is 2. The number of hydrogen-bond donors (Lipinski definition) is 2. The van der Waals surface area contributed by atoms with Gasteiger partial charge in [-0.05, 0) is 50.2 Å². The average molecular weight is 419 g/mol. The first-order valence-electron chi connectivity index (χ1n) is 11.0. The van der Waals surface area contributed by atoms with Gasteiger partial charge < -0.3 is 25.0 Å². The normalized spacial score (nSPS) is 19.8. The number of carbonyl (C=O) groups is 2. The third-order valence-corrected chi connectivity index (χ3v) is 5.79. The van der Waals surface area contributed by atoms with Crippen LogP contribution in [0.5, 0.6) is 0 Å². The van der Waals surface area contributed by atoms with E-state index in [1.807, 2.05) is 11.1 Å². The molecule has 8 nitrogen and oxygen atoms in total. The predicted octanol–water partition coefficient (Wildman–Crippen LogP) is 1.97. The van der Waals surface area contributed by atoms with Crippen molar-refractivity contribution in [3.05, 3.63) is 29.1 Å². The van der Waals surface area contributed by atoms with Crippen LogP contribution in [0.1, 0.15) is 56.0 Å². The van der Waals surface area contributed by atoms with E-state index in [2.05, 4.69) is 40.3 Å². The van der Waals surface area contributed by atoms with Crippen LogP contribution in [-0.2, 0) is 27.1 Å². The zero-order chi connectivity index (χ0) is 21.5. The van der Waals surface area contributed by atoms with E-state index in [1.54, 1.807) is 0 Å². The number of aromatic nitrogens is 1. The van der Waals surface area contributed by atoms with E-state index < -0.39 is 12.2 Å². The molecule has 166 valence electrons. The van der Waals surface area contributed by atoms with Crippen molar-refractivity contribution in [2.45, 2.75) is 64.1 Å². The Hall–Kier alpha value is -2.19. The van der Waals surface area contributed by atoms with E-state index in [9.17, 15) is 9.59 Å². The zero-order valence-corrected chi connectivity index (χ0v) is 18.3. The third kappa shape index (κ3) is 5.70. The molecule has 1 saturated carbocycles. The summed E-state index contributed by atoms with van der Waals surface area (Å²) in [6, 6.07) is 2.41. The number of ether oxygens (including phenoxy) is 2. The number of carbonyl (C=O) groups excluding carboxylic acids is 2. The molecule has 3 rings (SSSR count). The summed E-state index contributed by atoms with van der Waals surface area (Å²) < 4.78 is 10.3. The fraction of sp³-hybridized carbons (Fsp3) is 0.682. The minimum absolute atomic E-state index is 0.0547. The lowest BCUT2D eigenvalue weighted by molar-refractivity contribution is -0.148. The van der Waals surface area contributed by atoms with Crippen LogP contribution < -0.4 is 10.6 Å². The summed E-state index contributed by atoms with van der Waals surface area (Å²) in [5, 5.41) is 5.97. The van der Waals surface area contributed by atoms with E-state index in [1.165, 1.54) is 12.7 Å². The van der Waals surface area contributed by atoms with Crippen LogP contribution in [0.25, 0.3) is 0 Å². The molecule has 2 heterocycles. The number of pyridine rings is 1. The summed E-state index contributed by atoms with van der Waals surface area (Å²) in [6.45, 7) is 6.65. The van der Waals surface area contributed by atoms with Gasteiger partial charge in [0.25, 0.3) is 5.91 Å². The highest BCUT2D eigenvalue weighted by molar-refractivity contribution is 5.82. The fourth-order valence-electron chi connectivity index (χ4n) is 3.95. The lowest BCUT2D eigenvalue weighted by Gasteiger charge is -2.34. The smallest absolute Gasteiger partial charge is 0.406 e. The Bertz CT molecular complexity index is 732. The van der Waals surface area contributed by atoms with Gasteiger partial charge >= 0.3 is 6.09 Å². The highest BCUT2D eigenvalue weighted by Crippen LogP contribution is 2.35. The first-order chi connectivity index (χ1) is 14.5. The van der Waals surface area contributed by atoms with Crippen molar-refractivity contribution in [1.82, 2.24) is 20.5 Å². The Morgan fingerprint density at radius 1 is 1.43 bits per heavy atom. The van der Waals surface area contributed by atoms with Gasteiger partial charge in [-0.25, -0.2) is 4.79 Å². The maximum absolute atomic E-state index is 13.2. The Morgan fingerprint density at radius 3 is 2.87 bits per heavy atom. The molecule has 0 aromatic carbocycles. The SMILES string of the molecule is CCc1ncc([C@@H](C)N(C(=O)[C@H]2CNCCO2)C2CC2)cc1CCCNC(=O)OC. The first kappa shape index (κ1) is 22.5. The summed E-state index contributed by atoms with van der Waals surface area (Å²) in [7, 11) is 1.36. The van der Waals surface area contributed by atoms with Gasteiger partial charge in [0.05, 0.1) is 19.8 Å². The van der Waals surface area contributed by atoms with Crippen molar-refractivity contribution in [2.24, 2.45) is 0 Å². The van der Waals surface area contributed by atoms with Crippen molar-refractivity contribution < 1.29 is 19.1 Å². The Morgan fingerprint density at radius 2 is 2.23 bits per heavy atom. The van der Waals surface area contributed by atoms with Crippen molar-refractivity contribution in [3.8, 4) is 0 Å². The number of aryl methyl sites for hydroxylation is 2. The molecule has 1 aliphatic carbocycles. The third-order valence-electron chi connectivity index (χ3n) is 5.79. The first-order valence-corrected chi connectivity index (χ1v) is 11.0. The molecule has 0 unspecified atom stereocenters. The van der Waals surface area contributed by atoms with Crippen LogP contribution in [-0.4, -0.2) is 67.4 Å². The van der Waals surface area contributed by atoms with E-state index in [-0.39, 0.29) is 18.0 Å². The summed E-state index contributed by atoms with van der Waals surface area (Å²) in [5.74, 6) is 0.0700. The second-order valence-electron chi connectivity index (χ2n) is 7.97. The van der Waals surface area contributed by atoms with Crippen LogP contribution in [0, 0.1) is 0 Å². The van der Waals surface area contributed by atoms with E-state index in [0.717, 1.165) is 49.9 Å². The number of alkyl carbamates (subject to hydrolysis) is 1. The quantitative estimate of drug-likeness (QED) is 0.596. The molecule has 2 amide bonds. The molecule has 2 atom stereocenters. The van der Waals surface area contributed by atoms with E-state index >= 15 is 0 Å². The number of hydrogen-bond acceptors (Lipinski definition) is 6. The number of morpholine rings is 1. The minimum atomic E-state index is -0.413. The second kappa shape index (κ2) is 10.7. The summed E-state index contributed by atoms with van der Waals surface area (Å²) in [5.41, 5.74) is 3.28. The molecule has 1 aromatic rings. The van der Waals surface area contributed by atoms with Crippen molar-refractivity contribution in [2.75, 3.05) is 33.4 Å². The lowest BCUT2D eigenvalue weighted by Crippen LogP contribution is -2.50. The largest absolute Gasteiger partial charge is 0.453 e. The van der Waals surface area contributed by atoms with Gasteiger partial charge in [0.15, 0.2) is 0 Å². The highest BCUT2D eigenvalue weighted by Gasteiger charge is 2.40. The molecule has 2 N–H and O–H groups in total. The molecule has 30 heavy (non-hydrogen) atoms. The minimum Gasteiger partial charge on any atom is -0.453 e. The van der Waals surface area contributed by atoms with Crippen LogP contribution >= 0.6 is 0 Å². The second-order valence-corrected chi connectivity index (χ2v) is 7.97. The van der Waals surface area contributed by atoms with Gasteiger partial charge in [-0.15, -0.1) is 0 Å². The summed E-state index contributed by atoms with van der Waals surface area (Å²) >= 11 is 0. The van der Waals surface area contributed by atoms with E-state index in [0.29, 0.717) is 19.7 Å². The zero-order valence-electron chi connectivity index (χ0n) is 18.3. The van der Waals surface area contributed by atoms with Gasteiger partial charge in [-0.2, -0.15) is 0 Å². The number of nitrogens with zero attached hydrogens (tertiary/aromatic N) is 2. The molecule has 0 spiro atoms. The fourth-order valence-corrected chi connectivity index (χ4v) is 3.95. The maximum Gasteiger partial charge on any atom is 0.406 e. The molecule has 2 fully saturated rings. The number of amides is 2. The standard InChI is InChI=1S/C22H34N4O4/c1-4-19-16(6-5-9-24-22(28)29-3)12-17(13-25-19)15(2)26(18-7-8-18)21(27)20-14-23-10-11-30-20/h12-13,15,18,20,23H,4-11,14H2,1-3H3,(H,24,28)/t15-,20-/m1/s1. The topological polar surface area (TPSA) is 92.8 Å². The summed E-state index contributed by atoms with van der Waals surface area (Å²) in [4.78, 5) is 31.1. The molecular weight excluding hydrogens is 384 g/mol. The van der Waals surface area contributed by atoms with Crippen molar-refractivity contribution in [3.63, 3.8) is 0 Å². The van der Waals surface area contributed by atoms with Gasteiger partial charge in [0.1, 0.15) is 6.10 Å². The van der Waals surface area contributed by atoms with Gasteiger partial charge in [-0.3, -0.25) is 9.78 Å². The predicted molar refractivity (Wildman–Crippen MR) is 113 cm³/mol. The molecular formula is C22H34N4O4. The van der Waals surface area contributed by atoms with Crippen molar-refractivity contribution in [1.29, 1.82) is 0 Å². The molecule has 8 heteroatoms. The van der Waals surface area contributed by atoms with Crippen LogP contribution in [0.2, 0.25) is 0 Å². The molecule has 1 aliphatic heterocycles. The molecule has 2 aliphatic rings. The average Bonchev–Trinajstić information content (AvgIpc) is 3.62. The monoisotopic (exact) mass is 418 g/mol. The number of methoxy groups -OCH3 is 1. The van der Waals surface area contributed by atoms with Crippen LogP contribution in [0.4, 0.5) is 4.79 Å². The van der Waals surface area contributed by atoms with E-state index in [4.69, 9.17) is 4.74 Å². The molecule has 1 saturated heterocycles. The van der Waals surface area contributed by atoms with Crippen LogP contribution in [0.3, 0.4) is 0 Å². The van der Waals surface area contributed by atoms with Crippen LogP contribution in [0.15, 0.2) is 12.3 Å². The van der Waals surface area contributed by atoms with Crippen molar-refractivity contribution >= 4 is 12.0 Å². The molecule has 0 radical (unpaired) electrons. The Kier molecular flexibility index (Phi) is 8.04. The highest BCUT2D eigenvalue weighted by atomic mass is 16.5.